The van der Waals surface area contributed by atoms with E-state index in [4.69, 9.17) is 4.74 Å². The molecular formula is C28H35ClN2O5S. The van der Waals surface area contributed by atoms with Gasteiger partial charge >= 0.3 is 0 Å². The summed E-state index contributed by atoms with van der Waals surface area (Å²) in [6.45, 7) is 6.64. The molecule has 0 aliphatic rings. The van der Waals surface area contributed by atoms with E-state index >= 15 is 0 Å². The largest absolute Gasteiger partial charge is 0.492 e. The summed E-state index contributed by atoms with van der Waals surface area (Å²) >= 11 is 0. The van der Waals surface area contributed by atoms with Crippen molar-refractivity contribution in [3.05, 3.63) is 89.5 Å². The number of hydrogen-bond donors (Lipinski definition) is 3. The van der Waals surface area contributed by atoms with E-state index in [1.54, 1.807) is 13.0 Å². The highest BCUT2D eigenvalue weighted by Crippen LogP contribution is 2.26. The van der Waals surface area contributed by atoms with Gasteiger partial charge in [-0.15, -0.1) is 12.4 Å². The predicted octanol–water partition coefficient (Wildman–Crippen LogP) is 4.50. The number of rotatable bonds is 11. The van der Waals surface area contributed by atoms with Crippen LogP contribution in [0.2, 0.25) is 0 Å². The number of aliphatic hydroxyl groups is 1. The quantitative estimate of drug-likeness (QED) is 0.242. The highest BCUT2D eigenvalue weighted by atomic mass is 35.5. The third kappa shape index (κ3) is 9.16. The van der Waals surface area contributed by atoms with Gasteiger partial charge in [-0.2, -0.15) is 0 Å². The number of amides is 1. The fourth-order valence-corrected chi connectivity index (χ4v) is 4.35. The van der Waals surface area contributed by atoms with Crippen LogP contribution >= 0.6 is 12.4 Å². The van der Waals surface area contributed by atoms with Crippen molar-refractivity contribution in [1.29, 1.82) is 0 Å². The first-order valence-corrected chi connectivity index (χ1v) is 13.7. The number of benzene rings is 3. The Morgan fingerprint density at radius 3 is 2.22 bits per heavy atom. The first-order chi connectivity index (χ1) is 16.9. The van der Waals surface area contributed by atoms with Gasteiger partial charge in [0.1, 0.15) is 18.1 Å². The predicted molar refractivity (Wildman–Crippen MR) is 149 cm³/mol. The molecule has 0 bridgehead atoms. The molecule has 9 heteroatoms. The SMILES string of the molecule is CC(C)Cc1cc(-c2ccc(OCCN[C@@](C)(O)c3ccccc3)cc2)ccc1C(=O)NS(C)(=O)=O.Cl. The molecule has 1 amide bonds. The van der Waals surface area contributed by atoms with Gasteiger partial charge in [-0.3, -0.25) is 10.1 Å². The van der Waals surface area contributed by atoms with Crippen LogP contribution in [-0.2, 0) is 22.2 Å². The Bertz CT molecular complexity index is 1280. The Morgan fingerprint density at radius 2 is 1.62 bits per heavy atom. The van der Waals surface area contributed by atoms with Crippen molar-refractivity contribution in [3.8, 4) is 16.9 Å². The number of carbonyl (C=O) groups is 1. The van der Waals surface area contributed by atoms with Crippen LogP contribution in [0.5, 0.6) is 5.75 Å². The zero-order valence-electron chi connectivity index (χ0n) is 21.5. The van der Waals surface area contributed by atoms with Crippen LogP contribution < -0.4 is 14.8 Å². The molecule has 3 N–H and O–H groups in total. The van der Waals surface area contributed by atoms with Gasteiger partial charge < -0.3 is 9.84 Å². The molecule has 7 nitrogen and oxygen atoms in total. The summed E-state index contributed by atoms with van der Waals surface area (Å²) in [4.78, 5) is 12.5. The number of halogens is 1. The fraction of sp³-hybridized carbons (Fsp3) is 0.321. The summed E-state index contributed by atoms with van der Waals surface area (Å²) < 4.78 is 30.9. The van der Waals surface area contributed by atoms with Crippen LogP contribution in [0.4, 0.5) is 0 Å². The lowest BCUT2D eigenvalue weighted by molar-refractivity contribution is 0.0169. The molecule has 37 heavy (non-hydrogen) atoms. The maximum Gasteiger partial charge on any atom is 0.264 e. The van der Waals surface area contributed by atoms with E-state index in [1.807, 2.05) is 80.6 Å². The average molecular weight is 547 g/mol. The number of hydrogen-bond acceptors (Lipinski definition) is 6. The van der Waals surface area contributed by atoms with E-state index in [9.17, 15) is 18.3 Å². The van der Waals surface area contributed by atoms with E-state index in [2.05, 4.69) is 10.0 Å². The van der Waals surface area contributed by atoms with Crippen LogP contribution in [0, 0.1) is 5.92 Å². The summed E-state index contributed by atoms with van der Waals surface area (Å²) in [5, 5.41) is 13.7. The minimum absolute atomic E-state index is 0. The Labute approximate surface area is 225 Å². The van der Waals surface area contributed by atoms with Crippen LogP contribution in [-0.4, -0.2) is 38.8 Å². The molecule has 0 saturated heterocycles. The minimum atomic E-state index is -3.65. The van der Waals surface area contributed by atoms with E-state index < -0.39 is 21.7 Å². The van der Waals surface area contributed by atoms with Crippen molar-refractivity contribution in [2.75, 3.05) is 19.4 Å². The van der Waals surface area contributed by atoms with Crippen LogP contribution in [0.3, 0.4) is 0 Å². The molecule has 0 spiro atoms. The minimum Gasteiger partial charge on any atom is -0.492 e. The second-order valence-electron chi connectivity index (χ2n) is 9.41. The molecule has 200 valence electrons. The van der Waals surface area contributed by atoms with Crippen molar-refractivity contribution in [1.82, 2.24) is 10.0 Å². The van der Waals surface area contributed by atoms with Gasteiger partial charge in [0.25, 0.3) is 5.91 Å². The molecular weight excluding hydrogens is 512 g/mol. The summed E-state index contributed by atoms with van der Waals surface area (Å²) in [6.07, 6.45) is 1.61. The van der Waals surface area contributed by atoms with E-state index in [0.29, 0.717) is 30.9 Å². The van der Waals surface area contributed by atoms with Crippen LogP contribution in [0.25, 0.3) is 11.1 Å². The van der Waals surface area contributed by atoms with Gasteiger partial charge in [0, 0.05) is 12.1 Å². The lowest BCUT2D eigenvalue weighted by Gasteiger charge is -2.25. The van der Waals surface area contributed by atoms with Crippen molar-refractivity contribution in [2.45, 2.75) is 32.9 Å². The normalized spacial score (nSPS) is 12.9. The lowest BCUT2D eigenvalue weighted by atomic mass is 9.93. The molecule has 3 aromatic rings. The molecule has 1 atom stereocenters. The van der Waals surface area contributed by atoms with E-state index in [-0.39, 0.29) is 18.3 Å². The Kier molecular flexibility index (Phi) is 10.7. The second kappa shape index (κ2) is 13.1. The molecule has 0 fully saturated rings. The van der Waals surface area contributed by atoms with Gasteiger partial charge in [0.2, 0.25) is 10.0 Å². The molecule has 0 aliphatic heterocycles. The van der Waals surface area contributed by atoms with Gasteiger partial charge in [0.05, 0.1) is 6.26 Å². The van der Waals surface area contributed by atoms with Crippen molar-refractivity contribution < 1.29 is 23.1 Å². The van der Waals surface area contributed by atoms with Crippen molar-refractivity contribution in [2.24, 2.45) is 5.92 Å². The van der Waals surface area contributed by atoms with E-state index in [1.165, 1.54) is 0 Å². The summed E-state index contributed by atoms with van der Waals surface area (Å²) in [5.74, 6) is 0.367. The second-order valence-corrected chi connectivity index (χ2v) is 11.2. The third-order valence-electron chi connectivity index (χ3n) is 5.62. The van der Waals surface area contributed by atoms with Gasteiger partial charge in [0.15, 0.2) is 0 Å². The molecule has 3 aromatic carbocycles. The zero-order chi connectivity index (χ0) is 26.3. The third-order valence-corrected chi connectivity index (χ3v) is 6.18. The maximum atomic E-state index is 12.5. The molecule has 0 unspecified atom stereocenters. The first kappa shape index (κ1) is 30.3. The van der Waals surface area contributed by atoms with Crippen LogP contribution in [0.15, 0.2) is 72.8 Å². The standard InChI is InChI=1S/C28H34N2O5S.ClH/c1-20(2)18-23-19-22(12-15-26(23)27(31)30-36(4,33)34)21-10-13-25(14-11-21)35-17-16-29-28(3,32)24-8-6-5-7-9-24;/h5-15,19-20,29,32H,16-18H2,1-4H3,(H,30,31);1H/t28-;/m0./s1. The highest BCUT2D eigenvalue weighted by Gasteiger charge is 2.21. The topological polar surface area (TPSA) is 105 Å². The zero-order valence-corrected chi connectivity index (χ0v) is 23.2. The number of sulfonamides is 1. The fourth-order valence-electron chi connectivity index (χ4n) is 3.90. The maximum absolute atomic E-state index is 12.5. The molecule has 0 radical (unpaired) electrons. The number of ether oxygens (including phenoxy) is 1. The summed E-state index contributed by atoms with van der Waals surface area (Å²) in [7, 11) is -3.65. The molecule has 0 saturated carbocycles. The molecule has 3 rings (SSSR count). The Morgan fingerprint density at radius 1 is 1.00 bits per heavy atom. The van der Waals surface area contributed by atoms with Crippen LogP contribution in [0.1, 0.15) is 42.3 Å². The van der Waals surface area contributed by atoms with Crippen molar-refractivity contribution in [3.63, 3.8) is 0 Å². The number of carbonyl (C=O) groups excluding carboxylic acids is 1. The lowest BCUT2D eigenvalue weighted by Crippen LogP contribution is -2.41. The van der Waals surface area contributed by atoms with Gasteiger partial charge in [-0.1, -0.05) is 68.4 Å². The van der Waals surface area contributed by atoms with Gasteiger partial charge in [-0.05, 0) is 59.7 Å². The van der Waals surface area contributed by atoms with E-state index in [0.717, 1.165) is 28.5 Å². The number of nitrogens with one attached hydrogen (secondary N) is 2. The summed E-state index contributed by atoms with van der Waals surface area (Å²) in [5.41, 5.74) is 2.66. The average Bonchev–Trinajstić information content (AvgIpc) is 2.81. The molecule has 0 heterocycles. The highest BCUT2D eigenvalue weighted by molar-refractivity contribution is 7.89. The summed E-state index contributed by atoms with van der Waals surface area (Å²) in [6, 6.07) is 22.4. The molecule has 0 aliphatic carbocycles. The molecule has 0 aromatic heterocycles. The van der Waals surface area contributed by atoms with Crippen molar-refractivity contribution >= 4 is 28.3 Å². The Hall–Kier alpha value is -2.91. The Balaban J connectivity index is 0.00000481. The smallest absolute Gasteiger partial charge is 0.264 e. The first-order valence-electron chi connectivity index (χ1n) is 11.9. The van der Waals surface area contributed by atoms with Gasteiger partial charge in [-0.25, -0.2) is 13.1 Å². The monoisotopic (exact) mass is 546 g/mol.